The summed E-state index contributed by atoms with van der Waals surface area (Å²) in [7, 11) is 1.63. The van der Waals surface area contributed by atoms with E-state index in [1.165, 1.54) is 0 Å². The molecule has 9 nitrogen and oxygen atoms in total. The molecular formula is C18H24N6O3. The Morgan fingerprint density at radius 1 is 1.44 bits per heavy atom. The number of nitrogens with one attached hydrogen (secondary N) is 2. The van der Waals surface area contributed by atoms with Crippen LogP contribution in [0, 0.1) is 6.92 Å². The van der Waals surface area contributed by atoms with Gasteiger partial charge in [-0.15, -0.1) is 10.2 Å². The molecule has 1 fully saturated rings. The van der Waals surface area contributed by atoms with Crippen molar-refractivity contribution in [3.63, 3.8) is 0 Å². The molecule has 1 aliphatic heterocycles. The minimum atomic E-state index is -0.323. The third-order valence-corrected chi connectivity index (χ3v) is 4.54. The highest BCUT2D eigenvalue weighted by Crippen LogP contribution is 2.23. The van der Waals surface area contributed by atoms with Crippen molar-refractivity contribution in [3.05, 3.63) is 41.5 Å². The summed E-state index contributed by atoms with van der Waals surface area (Å²) in [4.78, 5) is 26.3. The lowest BCUT2D eigenvalue weighted by Gasteiger charge is -2.19. The first kappa shape index (κ1) is 18.8. The summed E-state index contributed by atoms with van der Waals surface area (Å²) >= 11 is 0. The molecule has 0 radical (unpaired) electrons. The molecule has 3 rings (SSSR count). The average molecular weight is 372 g/mol. The Labute approximate surface area is 157 Å². The van der Waals surface area contributed by atoms with Gasteiger partial charge in [0.2, 0.25) is 0 Å². The van der Waals surface area contributed by atoms with E-state index >= 15 is 0 Å². The number of ether oxygens (including phenoxy) is 1. The van der Waals surface area contributed by atoms with Crippen molar-refractivity contribution in [1.29, 1.82) is 0 Å². The maximum atomic E-state index is 12.7. The Kier molecular flexibility index (Phi) is 5.70. The average Bonchev–Trinajstić information content (AvgIpc) is 3.29. The summed E-state index contributed by atoms with van der Waals surface area (Å²) in [6, 6.07) is 4.89. The fourth-order valence-corrected chi connectivity index (χ4v) is 3.05. The lowest BCUT2D eigenvalue weighted by molar-refractivity contribution is 0.0937. The largest absolute Gasteiger partial charge is 0.383 e. The van der Waals surface area contributed by atoms with Crippen molar-refractivity contribution in [3.8, 4) is 0 Å². The van der Waals surface area contributed by atoms with Gasteiger partial charge in [0.1, 0.15) is 6.33 Å². The molecule has 2 N–H and O–H groups in total. The molecule has 2 aromatic rings. The van der Waals surface area contributed by atoms with Gasteiger partial charge in [-0.05, 0) is 31.5 Å². The van der Waals surface area contributed by atoms with Gasteiger partial charge in [-0.2, -0.15) is 0 Å². The third-order valence-electron chi connectivity index (χ3n) is 4.54. The van der Waals surface area contributed by atoms with Gasteiger partial charge in [-0.25, -0.2) is 4.79 Å². The van der Waals surface area contributed by atoms with Crippen LogP contribution in [0.1, 0.15) is 34.7 Å². The van der Waals surface area contributed by atoms with Gasteiger partial charge < -0.3 is 19.9 Å². The molecule has 3 amide bonds. The zero-order chi connectivity index (χ0) is 19.4. The molecule has 2 heterocycles. The summed E-state index contributed by atoms with van der Waals surface area (Å²) in [6.07, 6.45) is 1.62. The molecule has 1 aliphatic rings. The Bertz CT molecular complexity index is 834. The van der Waals surface area contributed by atoms with E-state index < -0.39 is 0 Å². The van der Waals surface area contributed by atoms with Gasteiger partial charge >= 0.3 is 6.03 Å². The topological polar surface area (TPSA) is 101 Å². The normalized spacial score (nSPS) is 14.9. The molecule has 0 unspecified atom stereocenters. The lowest BCUT2D eigenvalue weighted by atomic mass is 10.1. The maximum Gasteiger partial charge on any atom is 0.322 e. The highest BCUT2D eigenvalue weighted by molar-refractivity contribution is 5.99. The highest BCUT2D eigenvalue weighted by Gasteiger charge is 2.24. The monoisotopic (exact) mass is 372 g/mol. The first-order chi connectivity index (χ1) is 13.0. The summed E-state index contributed by atoms with van der Waals surface area (Å²) in [5, 5.41) is 13.7. The summed E-state index contributed by atoms with van der Waals surface area (Å²) < 4.78 is 6.93. The van der Waals surface area contributed by atoms with E-state index in [1.54, 1.807) is 30.5 Å². The number of amides is 3. The molecule has 0 aliphatic carbocycles. The van der Waals surface area contributed by atoms with Gasteiger partial charge in [-0.3, -0.25) is 9.69 Å². The predicted octanol–water partition coefficient (Wildman–Crippen LogP) is 1.25. The minimum Gasteiger partial charge on any atom is -0.383 e. The fourth-order valence-electron chi connectivity index (χ4n) is 3.05. The number of methoxy groups -OCH3 is 1. The SMILES string of the molecule is COCCn1cnnc1[C@H](C)NC(=O)c1ccc(C)c(N2CCNC2=O)c1. The van der Waals surface area contributed by atoms with Crippen LogP contribution in [0.25, 0.3) is 0 Å². The Balaban J connectivity index is 1.74. The number of carbonyl (C=O) groups is 2. The number of carbonyl (C=O) groups excluding carboxylic acids is 2. The second-order valence-electron chi connectivity index (χ2n) is 6.46. The summed E-state index contributed by atoms with van der Waals surface area (Å²) in [5.41, 5.74) is 2.18. The molecule has 1 atom stereocenters. The maximum absolute atomic E-state index is 12.7. The summed E-state index contributed by atoms with van der Waals surface area (Å²) in [5.74, 6) is 0.427. The van der Waals surface area contributed by atoms with E-state index in [0.717, 1.165) is 11.3 Å². The van der Waals surface area contributed by atoms with Crippen LogP contribution in [0.5, 0.6) is 0 Å². The van der Waals surface area contributed by atoms with Crippen molar-refractivity contribution in [2.45, 2.75) is 26.4 Å². The van der Waals surface area contributed by atoms with Gasteiger partial charge in [0.25, 0.3) is 5.91 Å². The zero-order valence-electron chi connectivity index (χ0n) is 15.7. The van der Waals surface area contributed by atoms with Crippen LogP contribution in [-0.4, -0.2) is 53.5 Å². The first-order valence-electron chi connectivity index (χ1n) is 8.84. The van der Waals surface area contributed by atoms with Crippen LogP contribution >= 0.6 is 0 Å². The Morgan fingerprint density at radius 2 is 2.26 bits per heavy atom. The van der Waals surface area contributed by atoms with Gasteiger partial charge in [0.05, 0.1) is 12.6 Å². The number of benzene rings is 1. The fraction of sp³-hybridized carbons (Fsp3) is 0.444. The zero-order valence-corrected chi connectivity index (χ0v) is 15.7. The number of aromatic nitrogens is 3. The van der Waals surface area contributed by atoms with Crippen molar-refractivity contribution in [2.75, 3.05) is 31.7 Å². The second kappa shape index (κ2) is 8.17. The Morgan fingerprint density at radius 3 is 2.96 bits per heavy atom. The standard InChI is InChI=1S/C18H24N6O3/c1-12-4-5-14(10-15(12)24-7-6-19-18(24)26)17(25)21-13(2)16-22-20-11-23(16)8-9-27-3/h4-5,10-11,13H,6-9H2,1-3H3,(H,19,26)(H,21,25)/t13-/m0/s1. The van der Waals surface area contributed by atoms with Crippen LogP contribution in [0.3, 0.4) is 0 Å². The molecule has 0 spiro atoms. The van der Waals surface area contributed by atoms with E-state index in [-0.39, 0.29) is 18.0 Å². The number of hydrogen-bond acceptors (Lipinski definition) is 5. The first-order valence-corrected chi connectivity index (χ1v) is 8.84. The smallest absolute Gasteiger partial charge is 0.322 e. The van der Waals surface area contributed by atoms with E-state index in [2.05, 4.69) is 20.8 Å². The van der Waals surface area contributed by atoms with Crippen LogP contribution in [-0.2, 0) is 11.3 Å². The van der Waals surface area contributed by atoms with Crippen molar-refractivity contribution in [1.82, 2.24) is 25.4 Å². The van der Waals surface area contributed by atoms with Gasteiger partial charge in [0.15, 0.2) is 5.82 Å². The van der Waals surface area contributed by atoms with E-state index in [0.29, 0.717) is 37.6 Å². The second-order valence-corrected chi connectivity index (χ2v) is 6.46. The molecule has 144 valence electrons. The van der Waals surface area contributed by atoms with Crippen molar-refractivity contribution >= 4 is 17.6 Å². The van der Waals surface area contributed by atoms with E-state index in [4.69, 9.17) is 4.74 Å². The number of hydrogen-bond donors (Lipinski definition) is 2. The quantitative estimate of drug-likeness (QED) is 0.762. The van der Waals surface area contributed by atoms with E-state index in [1.807, 2.05) is 24.5 Å². The van der Waals surface area contributed by atoms with Gasteiger partial charge in [0, 0.05) is 38.0 Å². The summed E-state index contributed by atoms with van der Waals surface area (Å²) in [6.45, 7) is 6.10. The molecule has 1 aromatic heterocycles. The molecule has 1 saturated heterocycles. The molecule has 0 bridgehead atoms. The van der Waals surface area contributed by atoms with E-state index in [9.17, 15) is 9.59 Å². The number of nitrogens with zero attached hydrogens (tertiary/aromatic N) is 4. The van der Waals surface area contributed by atoms with Crippen LogP contribution in [0.4, 0.5) is 10.5 Å². The highest BCUT2D eigenvalue weighted by atomic mass is 16.5. The van der Waals surface area contributed by atoms with Crippen LogP contribution < -0.4 is 15.5 Å². The number of rotatable bonds is 7. The molecular weight excluding hydrogens is 348 g/mol. The van der Waals surface area contributed by atoms with Crippen molar-refractivity contribution in [2.24, 2.45) is 0 Å². The van der Waals surface area contributed by atoms with Gasteiger partial charge in [-0.1, -0.05) is 6.07 Å². The molecule has 27 heavy (non-hydrogen) atoms. The number of aryl methyl sites for hydroxylation is 1. The minimum absolute atomic E-state index is 0.143. The lowest BCUT2D eigenvalue weighted by Crippen LogP contribution is -2.30. The van der Waals surface area contributed by atoms with Crippen LogP contribution in [0.2, 0.25) is 0 Å². The molecule has 9 heteroatoms. The van der Waals surface area contributed by atoms with Crippen molar-refractivity contribution < 1.29 is 14.3 Å². The van der Waals surface area contributed by atoms with Crippen LogP contribution in [0.15, 0.2) is 24.5 Å². The molecule has 0 saturated carbocycles. The third kappa shape index (κ3) is 4.08. The Hall–Kier alpha value is -2.94. The number of urea groups is 1. The predicted molar refractivity (Wildman–Crippen MR) is 99.7 cm³/mol. The molecule has 1 aromatic carbocycles. The number of anilines is 1.